The number of hydrogen-bond donors (Lipinski definition) is 5. The molecule has 5 N–H and O–H groups in total. The van der Waals surface area contributed by atoms with Crippen molar-refractivity contribution in [2.75, 3.05) is 25.5 Å². The van der Waals surface area contributed by atoms with Crippen LogP contribution in [0.3, 0.4) is 0 Å². The summed E-state index contributed by atoms with van der Waals surface area (Å²) < 4.78 is 5.93. The van der Waals surface area contributed by atoms with Crippen molar-refractivity contribution in [3.8, 4) is 5.75 Å². The van der Waals surface area contributed by atoms with Gasteiger partial charge >= 0.3 is 11.9 Å². The SMILES string of the molecule is CCCCCCN(C(=O)[C@@H](NC(=O)[C@H]1CCCCN1C)[C@@H](C)CC)[C@H](C[C@@H](OC(C)=O)c1nc(C(=O)N[C@H](Cc2ccc(NC(C)C)c(O)c2)CC(C)(C)C(=O)O)cs1)C(C)C. The van der Waals surface area contributed by atoms with E-state index in [4.69, 9.17) is 4.74 Å². The molecular formula is C47H76N6O8S. The van der Waals surface area contributed by atoms with Gasteiger partial charge in [-0.05, 0) is 103 Å². The van der Waals surface area contributed by atoms with E-state index in [2.05, 4.69) is 32.8 Å². The molecule has 0 bridgehead atoms. The Morgan fingerprint density at radius 2 is 1.74 bits per heavy atom. The van der Waals surface area contributed by atoms with E-state index >= 15 is 0 Å². The maximum absolute atomic E-state index is 14.9. The van der Waals surface area contributed by atoms with Gasteiger partial charge in [-0.3, -0.25) is 28.9 Å². The first-order valence-corrected chi connectivity index (χ1v) is 23.6. The molecule has 348 valence electrons. The van der Waals surface area contributed by atoms with Gasteiger partial charge in [0.2, 0.25) is 11.8 Å². The number of ether oxygens (including phenoxy) is 1. The van der Waals surface area contributed by atoms with Crippen molar-refractivity contribution in [3.05, 3.63) is 39.8 Å². The first-order valence-electron chi connectivity index (χ1n) is 22.7. The van der Waals surface area contributed by atoms with E-state index in [0.717, 1.165) is 51.5 Å². The number of aromatic nitrogens is 1. The minimum absolute atomic E-state index is 0.0489. The van der Waals surface area contributed by atoms with Crippen molar-refractivity contribution in [1.82, 2.24) is 25.4 Å². The molecule has 0 radical (unpaired) electrons. The number of carboxylic acids is 1. The molecule has 1 fully saturated rings. The van der Waals surface area contributed by atoms with Crippen LogP contribution in [-0.4, -0.2) is 105 Å². The number of likely N-dealkylation sites (tertiary alicyclic amines) is 1. The van der Waals surface area contributed by atoms with Gasteiger partial charge in [-0.1, -0.05) is 72.8 Å². The number of carbonyl (C=O) groups excluding carboxylic acids is 4. The number of carbonyl (C=O) groups is 5. The fraction of sp³-hybridized carbons (Fsp3) is 0.702. The summed E-state index contributed by atoms with van der Waals surface area (Å²) in [5.41, 5.74) is 0.185. The number of likely N-dealkylation sites (N-methyl/N-ethyl adjacent to an activating group) is 1. The molecule has 0 spiro atoms. The molecule has 3 amide bonds. The van der Waals surface area contributed by atoms with Crippen LogP contribution in [0.2, 0.25) is 0 Å². The number of hydrogen-bond acceptors (Lipinski definition) is 11. The molecule has 0 saturated carbocycles. The van der Waals surface area contributed by atoms with Crippen molar-refractivity contribution >= 4 is 46.7 Å². The monoisotopic (exact) mass is 885 g/mol. The fourth-order valence-corrected chi connectivity index (χ4v) is 8.98. The van der Waals surface area contributed by atoms with E-state index in [1.165, 1.54) is 18.3 Å². The smallest absolute Gasteiger partial charge is 0.309 e. The minimum Gasteiger partial charge on any atom is -0.506 e. The Kier molecular flexibility index (Phi) is 20.6. The standard InChI is InChI=1S/C47H76N6O8S/c1-12-14-15-17-23-53(45(58)41(31(7)13-2)51-43(57)37-19-16-18-22-52(37)11)38(29(3)4)26-40(61-32(8)54)44-50-36(28-62-44)42(56)49-34(27-47(9,10)46(59)60)24-33-20-21-35(39(55)25-33)48-30(5)6/h20-21,25,28-31,34,37-38,40-41,48,55H,12-19,22-24,26-27H2,1-11H3,(H,49,56)(H,51,57)(H,59,60)/t31-,34+,37+,38+,40+,41-/m0/s1. The molecular weight excluding hydrogens is 809 g/mol. The second kappa shape index (κ2) is 24.6. The lowest BCUT2D eigenvalue weighted by Crippen LogP contribution is -2.59. The molecule has 1 aliphatic heterocycles. The fourth-order valence-electron chi connectivity index (χ4n) is 8.14. The maximum Gasteiger partial charge on any atom is 0.309 e. The van der Waals surface area contributed by atoms with Crippen LogP contribution >= 0.6 is 11.3 Å². The molecule has 3 rings (SSSR count). The van der Waals surface area contributed by atoms with Gasteiger partial charge < -0.3 is 35.8 Å². The zero-order chi connectivity index (χ0) is 46.3. The molecule has 1 saturated heterocycles. The number of carboxylic acid groups (broad SMARTS) is 1. The summed E-state index contributed by atoms with van der Waals surface area (Å²) in [6, 6.07) is 3.22. The van der Waals surface area contributed by atoms with Crippen LogP contribution in [0.25, 0.3) is 0 Å². The van der Waals surface area contributed by atoms with E-state index in [1.54, 1.807) is 31.4 Å². The van der Waals surface area contributed by atoms with E-state index in [-0.39, 0.29) is 66.4 Å². The van der Waals surface area contributed by atoms with Crippen LogP contribution < -0.4 is 16.0 Å². The molecule has 1 aliphatic rings. The Labute approximate surface area is 374 Å². The van der Waals surface area contributed by atoms with Gasteiger partial charge in [-0.25, -0.2) is 4.98 Å². The summed E-state index contributed by atoms with van der Waals surface area (Å²) in [5.74, 6) is -2.51. The predicted molar refractivity (Wildman–Crippen MR) is 245 cm³/mol. The van der Waals surface area contributed by atoms with Gasteiger partial charge in [0.1, 0.15) is 22.5 Å². The summed E-state index contributed by atoms with van der Waals surface area (Å²) >= 11 is 1.17. The van der Waals surface area contributed by atoms with Gasteiger partial charge in [-0.2, -0.15) is 0 Å². The third-order valence-corrected chi connectivity index (χ3v) is 12.9. The van der Waals surface area contributed by atoms with Crippen LogP contribution in [0, 0.1) is 17.3 Å². The van der Waals surface area contributed by atoms with Crippen LogP contribution in [0.15, 0.2) is 23.6 Å². The lowest BCUT2D eigenvalue weighted by Gasteiger charge is -2.40. The van der Waals surface area contributed by atoms with Gasteiger partial charge in [0, 0.05) is 43.4 Å². The predicted octanol–water partition coefficient (Wildman–Crippen LogP) is 7.95. The maximum atomic E-state index is 14.9. The highest BCUT2D eigenvalue weighted by atomic mass is 32.1. The van der Waals surface area contributed by atoms with Gasteiger partial charge in [0.05, 0.1) is 17.1 Å². The highest BCUT2D eigenvalue weighted by Crippen LogP contribution is 2.33. The molecule has 14 nitrogen and oxygen atoms in total. The van der Waals surface area contributed by atoms with E-state index in [1.807, 2.05) is 59.6 Å². The molecule has 0 aliphatic carbocycles. The number of benzene rings is 1. The molecule has 62 heavy (non-hydrogen) atoms. The number of aliphatic carboxylic acids is 1. The van der Waals surface area contributed by atoms with Crippen molar-refractivity contribution in [1.29, 1.82) is 0 Å². The zero-order valence-corrected chi connectivity index (χ0v) is 40.0. The van der Waals surface area contributed by atoms with Gasteiger partial charge in [0.25, 0.3) is 5.91 Å². The number of rotatable bonds is 25. The number of aromatic hydroxyl groups is 1. The Balaban J connectivity index is 1.95. The number of anilines is 1. The third-order valence-electron chi connectivity index (χ3n) is 12.0. The number of piperidine rings is 1. The second-order valence-corrected chi connectivity index (χ2v) is 19.5. The van der Waals surface area contributed by atoms with E-state index in [9.17, 15) is 34.2 Å². The summed E-state index contributed by atoms with van der Waals surface area (Å²) in [6.07, 6.45) is 6.87. The zero-order valence-electron chi connectivity index (χ0n) is 39.2. The van der Waals surface area contributed by atoms with Crippen molar-refractivity contribution in [3.63, 3.8) is 0 Å². The van der Waals surface area contributed by atoms with Gasteiger partial charge in [0.15, 0.2) is 6.10 Å². The van der Waals surface area contributed by atoms with Crippen molar-refractivity contribution < 1.29 is 38.9 Å². The van der Waals surface area contributed by atoms with Crippen LogP contribution in [0.5, 0.6) is 5.75 Å². The lowest BCUT2D eigenvalue weighted by molar-refractivity contribution is -0.150. The number of amides is 3. The van der Waals surface area contributed by atoms with Crippen molar-refractivity contribution in [2.24, 2.45) is 17.3 Å². The largest absolute Gasteiger partial charge is 0.506 e. The topological polar surface area (TPSA) is 190 Å². The first-order chi connectivity index (χ1) is 29.2. The van der Waals surface area contributed by atoms with Crippen LogP contribution in [0.4, 0.5) is 5.69 Å². The minimum atomic E-state index is -1.18. The summed E-state index contributed by atoms with van der Waals surface area (Å²) in [7, 11) is 1.96. The lowest BCUT2D eigenvalue weighted by atomic mass is 9.84. The Hall–Kier alpha value is -4.24. The molecule has 1 aromatic heterocycles. The van der Waals surface area contributed by atoms with E-state index in [0.29, 0.717) is 29.2 Å². The first kappa shape index (κ1) is 52.1. The normalized spacial score (nSPS) is 17.1. The molecule has 2 aromatic rings. The number of nitrogens with zero attached hydrogens (tertiary/aromatic N) is 3. The van der Waals surface area contributed by atoms with E-state index < -0.39 is 47.5 Å². The number of nitrogens with one attached hydrogen (secondary N) is 3. The Morgan fingerprint density at radius 3 is 2.32 bits per heavy atom. The van der Waals surface area contributed by atoms with Crippen LogP contribution in [0.1, 0.15) is 161 Å². The number of esters is 1. The number of phenols is 1. The third kappa shape index (κ3) is 15.5. The summed E-state index contributed by atoms with van der Waals surface area (Å²) in [5, 5.41) is 32.0. The van der Waals surface area contributed by atoms with Crippen LogP contribution in [-0.2, 0) is 30.3 Å². The number of phenolic OH excluding ortho intramolecular Hbond substituents is 1. The van der Waals surface area contributed by atoms with Crippen molar-refractivity contribution in [2.45, 2.75) is 176 Å². The molecule has 2 heterocycles. The molecule has 1 aromatic carbocycles. The second-order valence-electron chi connectivity index (χ2n) is 18.6. The van der Waals surface area contributed by atoms with Gasteiger partial charge in [-0.15, -0.1) is 11.3 Å². The Bertz CT molecular complexity index is 1780. The average Bonchev–Trinajstić information content (AvgIpc) is 3.70. The average molecular weight is 885 g/mol. The molecule has 15 heteroatoms. The Morgan fingerprint density at radius 1 is 1.03 bits per heavy atom. The summed E-state index contributed by atoms with van der Waals surface area (Å²) in [6.45, 7) is 20.0. The summed E-state index contributed by atoms with van der Waals surface area (Å²) in [4.78, 5) is 76.1. The molecule has 0 unspecified atom stereocenters. The quantitative estimate of drug-likeness (QED) is 0.0370. The number of thiazole rings is 1. The highest BCUT2D eigenvalue weighted by molar-refractivity contribution is 7.09. The highest BCUT2D eigenvalue weighted by Gasteiger charge is 2.39. The number of unbranched alkanes of at least 4 members (excludes halogenated alkanes) is 3. The molecule has 6 atom stereocenters.